The molecule has 2 N–H and O–H groups in total. The summed E-state index contributed by atoms with van der Waals surface area (Å²) in [5.41, 5.74) is 2.80. The maximum atomic E-state index is 12.6. The maximum absolute atomic E-state index is 12.6. The van der Waals surface area contributed by atoms with Crippen molar-refractivity contribution in [2.24, 2.45) is 0 Å². The van der Waals surface area contributed by atoms with Crippen LogP contribution in [-0.4, -0.2) is 39.9 Å². The molecule has 1 aromatic heterocycles. The standard InChI is InChI=1S/C28H23Cl2N3O5/c29-19-5-1-17(2-6-19)24-9-12-33(32-24)13-11-31-27(34)18-3-7-20(8-4-18)38-26-16-25-22(15-23(26)30)21(28(35)36)10-14-37-25/h1-9,12,15-16,21H,10-11,13-14H2,(H,31,34)(H,35,36). The van der Waals surface area contributed by atoms with Gasteiger partial charge in [-0.1, -0.05) is 35.3 Å². The molecular weight excluding hydrogens is 529 g/mol. The van der Waals surface area contributed by atoms with Crippen LogP contribution in [0.5, 0.6) is 17.2 Å². The quantitative estimate of drug-likeness (QED) is 0.277. The molecule has 1 aliphatic heterocycles. The Morgan fingerprint density at radius 1 is 1.08 bits per heavy atom. The van der Waals surface area contributed by atoms with Crippen LogP contribution in [0.3, 0.4) is 0 Å². The zero-order chi connectivity index (χ0) is 26.6. The number of carboxylic acids is 1. The molecule has 0 bridgehead atoms. The maximum Gasteiger partial charge on any atom is 0.311 e. The van der Waals surface area contributed by atoms with E-state index in [9.17, 15) is 14.7 Å². The van der Waals surface area contributed by atoms with E-state index in [0.29, 0.717) is 59.5 Å². The highest BCUT2D eigenvalue weighted by Gasteiger charge is 2.29. The Morgan fingerprint density at radius 3 is 2.58 bits per heavy atom. The monoisotopic (exact) mass is 551 g/mol. The number of halogens is 2. The summed E-state index contributed by atoms with van der Waals surface area (Å²) in [5, 5.41) is 17.8. The summed E-state index contributed by atoms with van der Waals surface area (Å²) in [6, 6.07) is 19.2. The molecule has 0 saturated carbocycles. The third-order valence-corrected chi connectivity index (χ3v) is 6.70. The molecule has 1 aliphatic rings. The van der Waals surface area contributed by atoms with E-state index < -0.39 is 11.9 Å². The number of ether oxygens (including phenoxy) is 2. The second kappa shape index (κ2) is 11.2. The molecule has 0 spiro atoms. The van der Waals surface area contributed by atoms with Crippen LogP contribution in [0.4, 0.5) is 0 Å². The van der Waals surface area contributed by atoms with E-state index in [-0.39, 0.29) is 10.9 Å². The van der Waals surface area contributed by atoms with Crippen LogP contribution in [-0.2, 0) is 11.3 Å². The smallest absolute Gasteiger partial charge is 0.311 e. The molecule has 2 heterocycles. The number of carboxylic acid groups (broad SMARTS) is 1. The first kappa shape index (κ1) is 25.6. The number of carbonyl (C=O) groups is 2. The third-order valence-electron chi connectivity index (χ3n) is 6.15. The average Bonchev–Trinajstić information content (AvgIpc) is 3.38. The molecule has 1 amide bonds. The first-order valence-corrected chi connectivity index (χ1v) is 12.7. The Morgan fingerprint density at radius 2 is 1.84 bits per heavy atom. The fourth-order valence-electron chi connectivity index (χ4n) is 4.17. The molecule has 10 heteroatoms. The molecule has 1 atom stereocenters. The van der Waals surface area contributed by atoms with E-state index >= 15 is 0 Å². The number of benzene rings is 3. The summed E-state index contributed by atoms with van der Waals surface area (Å²) in [7, 11) is 0. The molecule has 38 heavy (non-hydrogen) atoms. The van der Waals surface area contributed by atoms with Crippen LogP contribution in [0, 0.1) is 0 Å². The number of aromatic nitrogens is 2. The lowest BCUT2D eigenvalue weighted by Crippen LogP contribution is -2.27. The summed E-state index contributed by atoms with van der Waals surface area (Å²) in [6.45, 7) is 1.22. The van der Waals surface area contributed by atoms with Crippen molar-refractivity contribution in [2.45, 2.75) is 18.9 Å². The van der Waals surface area contributed by atoms with E-state index in [4.69, 9.17) is 32.7 Å². The Kier molecular flexibility index (Phi) is 7.53. The van der Waals surface area contributed by atoms with Gasteiger partial charge in [0.2, 0.25) is 0 Å². The minimum Gasteiger partial charge on any atom is -0.493 e. The van der Waals surface area contributed by atoms with Crippen molar-refractivity contribution < 1.29 is 24.2 Å². The fraction of sp³-hybridized carbons (Fsp3) is 0.179. The summed E-state index contributed by atoms with van der Waals surface area (Å²) in [4.78, 5) is 24.1. The molecule has 0 saturated heterocycles. The van der Waals surface area contributed by atoms with E-state index in [2.05, 4.69) is 10.4 Å². The van der Waals surface area contributed by atoms with Crippen molar-refractivity contribution in [3.05, 3.63) is 94.1 Å². The number of amides is 1. The molecule has 0 radical (unpaired) electrons. The molecule has 194 valence electrons. The predicted octanol–water partition coefficient (Wildman–Crippen LogP) is 6.03. The SMILES string of the molecule is O=C(NCCn1ccc(-c2ccc(Cl)cc2)n1)c1ccc(Oc2cc3c(cc2Cl)C(C(=O)O)CCO3)cc1. The Labute approximate surface area is 228 Å². The van der Waals surface area contributed by atoms with Crippen molar-refractivity contribution in [3.8, 4) is 28.5 Å². The number of fused-ring (bicyclic) bond motifs is 1. The lowest BCUT2D eigenvalue weighted by Gasteiger charge is -2.24. The molecule has 4 aromatic rings. The lowest BCUT2D eigenvalue weighted by atomic mass is 9.93. The first-order chi connectivity index (χ1) is 18.4. The van der Waals surface area contributed by atoms with Crippen LogP contribution in [0.2, 0.25) is 10.0 Å². The van der Waals surface area contributed by atoms with Gasteiger partial charge < -0.3 is 19.9 Å². The molecule has 3 aromatic carbocycles. The van der Waals surface area contributed by atoms with Gasteiger partial charge in [-0.25, -0.2) is 0 Å². The van der Waals surface area contributed by atoms with Crippen molar-refractivity contribution in [1.82, 2.24) is 15.1 Å². The Hall–Kier alpha value is -4.01. The lowest BCUT2D eigenvalue weighted by molar-refractivity contribution is -0.139. The van der Waals surface area contributed by atoms with Gasteiger partial charge in [0.05, 0.1) is 29.8 Å². The number of nitrogens with zero attached hydrogens (tertiary/aromatic N) is 2. The molecule has 5 rings (SSSR count). The van der Waals surface area contributed by atoms with Gasteiger partial charge in [0.1, 0.15) is 17.2 Å². The number of rotatable bonds is 8. The van der Waals surface area contributed by atoms with Gasteiger partial charge in [-0.15, -0.1) is 0 Å². The number of nitrogens with one attached hydrogen (secondary N) is 1. The number of aliphatic carboxylic acids is 1. The number of hydrogen-bond acceptors (Lipinski definition) is 5. The highest BCUT2D eigenvalue weighted by Crippen LogP contribution is 2.41. The zero-order valence-electron chi connectivity index (χ0n) is 20.1. The second-order valence-corrected chi connectivity index (χ2v) is 9.55. The second-order valence-electron chi connectivity index (χ2n) is 8.70. The Bertz CT molecular complexity index is 1470. The van der Waals surface area contributed by atoms with Gasteiger partial charge in [0.15, 0.2) is 0 Å². The molecule has 0 fully saturated rings. The van der Waals surface area contributed by atoms with Crippen LogP contribution < -0.4 is 14.8 Å². The summed E-state index contributed by atoms with van der Waals surface area (Å²) < 4.78 is 13.3. The minimum atomic E-state index is -0.916. The molecule has 8 nitrogen and oxygen atoms in total. The van der Waals surface area contributed by atoms with Crippen molar-refractivity contribution in [2.75, 3.05) is 13.2 Å². The zero-order valence-corrected chi connectivity index (χ0v) is 21.6. The van der Waals surface area contributed by atoms with Gasteiger partial charge in [-0.05, 0) is 55.0 Å². The van der Waals surface area contributed by atoms with E-state index in [0.717, 1.165) is 11.3 Å². The van der Waals surface area contributed by atoms with Crippen molar-refractivity contribution >= 4 is 35.1 Å². The average molecular weight is 552 g/mol. The first-order valence-electron chi connectivity index (χ1n) is 11.9. The van der Waals surface area contributed by atoms with Gasteiger partial charge in [-0.3, -0.25) is 14.3 Å². The van der Waals surface area contributed by atoms with Gasteiger partial charge in [-0.2, -0.15) is 5.10 Å². The third kappa shape index (κ3) is 5.77. The number of carbonyl (C=O) groups excluding carboxylic acids is 1. The van der Waals surface area contributed by atoms with Crippen LogP contribution >= 0.6 is 23.2 Å². The van der Waals surface area contributed by atoms with Crippen LogP contribution in [0.15, 0.2) is 72.9 Å². The summed E-state index contributed by atoms with van der Waals surface area (Å²) in [5.74, 6) is -0.549. The van der Waals surface area contributed by atoms with E-state index in [1.807, 2.05) is 36.5 Å². The van der Waals surface area contributed by atoms with Crippen molar-refractivity contribution in [3.63, 3.8) is 0 Å². The normalized spacial score (nSPS) is 14.3. The van der Waals surface area contributed by atoms with Gasteiger partial charge in [0, 0.05) is 40.5 Å². The summed E-state index contributed by atoms with van der Waals surface area (Å²) in [6.07, 6.45) is 2.25. The molecular formula is C28H23Cl2N3O5. The van der Waals surface area contributed by atoms with E-state index in [1.165, 1.54) is 0 Å². The number of hydrogen-bond donors (Lipinski definition) is 2. The highest BCUT2D eigenvalue weighted by atomic mass is 35.5. The van der Waals surface area contributed by atoms with E-state index in [1.54, 1.807) is 41.1 Å². The fourth-order valence-corrected chi connectivity index (χ4v) is 4.51. The topological polar surface area (TPSA) is 103 Å². The molecule has 1 unspecified atom stereocenters. The predicted molar refractivity (Wildman–Crippen MR) is 143 cm³/mol. The van der Waals surface area contributed by atoms with Gasteiger partial charge >= 0.3 is 5.97 Å². The van der Waals surface area contributed by atoms with Crippen LogP contribution in [0.25, 0.3) is 11.3 Å². The molecule has 0 aliphatic carbocycles. The minimum absolute atomic E-state index is 0.221. The van der Waals surface area contributed by atoms with Crippen LogP contribution in [0.1, 0.15) is 28.3 Å². The Balaban J connectivity index is 1.16. The van der Waals surface area contributed by atoms with Crippen molar-refractivity contribution in [1.29, 1.82) is 0 Å². The largest absolute Gasteiger partial charge is 0.493 e. The summed E-state index contributed by atoms with van der Waals surface area (Å²) >= 11 is 12.3. The highest BCUT2D eigenvalue weighted by molar-refractivity contribution is 6.32. The van der Waals surface area contributed by atoms with Gasteiger partial charge in [0.25, 0.3) is 5.91 Å².